The number of fused-ring (bicyclic) bond motifs is 5. The number of esters is 2. The molecule has 5 atom stereocenters. The Labute approximate surface area is 213 Å². The Bertz CT molecular complexity index is 1240. The first-order valence-electron chi connectivity index (χ1n) is 12.1. The van der Waals surface area contributed by atoms with Crippen molar-refractivity contribution in [2.75, 3.05) is 19.0 Å². The van der Waals surface area contributed by atoms with Crippen molar-refractivity contribution in [3.8, 4) is 0 Å². The van der Waals surface area contributed by atoms with Crippen molar-refractivity contribution < 1.29 is 33.4 Å². The van der Waals surface area contributed by atoms with E-state index < -0.39 is 42.3 Å². The van der Waals surface area contributed by atoms with E-state index in [-0.39, 0.29) is 30.1 Å². The highest BCUT2D eigenvalue weighted by molar-refractivity contribution is 6.09. The van der Waals surface area contributed by atoms with Crippen LogP contribution >= 0.6 is 0 Å². The van der Waals surface area contributed by atoms with Gasteiger partial charge in [0.2, 0.25) is 11.8 Å². The molecule has 1 heterocycles. The molecule has 2 aliphatic carbocycles. The largest absolute Gasteiger partial charge is 0.465 e. The van der Waals surface area contributed by atoms with Gasteiger partial charge in [-0.15, -0.1) is 0 Å². The number of benzene rings is 2. The summed E-state index contributed by atoms with van der Waals surface area (Å²) in [6.07, 6.45) is 4.87. The number of ether oxygens (including phenoxy) is 2. The van der Waals surface area contributed by atoms with E-state index in [0.717, 1.165) is 16.9 Å². The van der Waals surface area contributed by atoms with Gasteiger partial charge in [-0.1, -0.05) is 42.5 Å². The average molecular weight is 503 g/mol. The van der Waals surface area contributed by atoms with Crippen LogP contribution in [0.1, 0.15) is 22.3 Å². The molecule has 190 valence electrons. The lowest BCUT2D eigenvalue weighted by Crippen LogP contribution is -2.48. The summed E-state index contributed by atoms with van der Waals surface area (Å²) in [5.41, 5.74) is 1.48. The number of rotatable bonds is 8. The summed E-state index contributed by atoms with van der Waals surface area (Å²) in [7, 11) is 1.27. The zero-order valence-electron chi connectivity index (χ0n) is 20.2. The molecule has 0 spiro atoms. The summed E-state index contributed by atoms with van der Waals surface area (Å²) in [4.78, 5) is 65.0. The van der Waals surface area contributed by atoms with Crippen LogP contribution in [0.3, 0.4) is 0 Å². The summed E-state index contributed by atoms with van der Waals surface area (Å²) in [6.45, 7) is -0.598. The quantitative estimate of drug-likeness (QED) is 0.334. The van der Waals surface area contributed by atoms with Crippen LogP contribution in [-0.4, -0.2) is 54.3 Å². The highest BCUT2D eigenvalue weighted by Gasteiger charge is 2.61. The predicted molar refractivity (Wildman–Crippen MR) is 131 cm³/mol. The number of hydrogen-bond acceptors (Lipinski definition) is 7. The third kappa shape index (κ3) is 4.64. The molecule has 1 aliphatic heterocycles. The fourth-order valence-electron chi connectivity index (χ4n) is 5.59. The molecule has 2 bridgehead atoms. The Hall–Kier alpha value is -4.27. The molecule has 2 aromatic rings. The van der Waals surface area contributed by atoms with E-state index in [0.29, 0.717) is 11.3 Å². The van der Waals surface area contributed by atoms with Gasteiger partial charge in [0.25, 0.3) is 5.91 Å². The number of carbonyl (C=O) groups is 5. The van der Waals surface area contributed by atoms with E-state index >= 15 is 0 Å². The lowest BCUT2D eigenvalue weighted by Gasteiger charge is -2.26. The van der Waals surface area contributed by atoms with Gasteiger partial charge in [0.05, 0.1) is 24.5 Å². The van der Waals surface area contributed by atoms with Gasteiger partial charge in [-0.2, -0.15) is 0 Å². The summed E-state index contributed by atoms with van der Waals surface area (Å²) in [5, 5.41) is 2.59. The maximum absolute atomic E-state index is 13.4. The minimum atomic E-state index is -1.17. The van der Waals surface area contributed by atoms with Crippen LogP contribution in [0.5, 0.6) is 0 Å². The first kappa shape index (κ1) is 24.4. The summed E-state index contributed by atoms with van der Waals surface area (Å²) < 4.78 is 9.95. The molecule has 37 heavy (non-hydrogen) atoms. The fraction of sp³-hybridized carbons (Fsp3) is 0.321. The molecule has 1 saturated heterocycles. The van der Waals surface area contributed by atoms with Crippen LogP contribution < -0.4 is 5.32 Å². The maximum Gasteiger partial charge on any atom is 0.337 e. The number of amides is 3. The van der Waals surface area contributed by atoms with Gasteiger partial charge >= 0.3 is 11.9 Å². The molecule has 0 radical (unpaired) electrons. The second-order valence-electron chi connectivity index (χ2n) is 9.48. The molecule has 0 unspecified atom stereocenters. The average Bonchev–Trinajstić information content (AvgIpc) is 3.60. The first-order chi connectivity index (χ1) is 17.9. The molecule has 1 saturated carbocycles. The van der Waals surface area contributed by atoms with Crippen LogP contribution in [0, 0.1) is 23.7 Å². The van der Waals surface area contributed by atoms with Gasteiger partial charge in [0.1, 0.15) is 6.04 Å². The van der Waals surface area contributed by atoms with Crippen LogP contribution in [0.2, 0.25) is 0 Å². The molecular weight excluding hydrogens is 476 g/mol. The Balaban J connectivity index is 1.27. The molecule has 0 aromatic heterocycles. The van der Waals surface area contributed by atoms with Crippen molar-refractivity contribution in [1.82, 2.24) is 4.90 Å². The van der Waals surface area contributed by atoms with Crippen LogP contribution in [-0.2, 0) is 35.1 Å². The molecule has 3 amide bonds. The standard InChI is InChI=1S/C28H26N2O7/c1-36-27(34)17-9-11-20(12-10-17)29-22(31)15-37-28(35)21(13-16-5-3-2-4-6-16)30-25(32)23-18-7-8-19(14-18)24(23)26(30)33/h2-12,18-19,21,23-24H,13-15H2,1H3,(H,29,31)/t18-,19-,21-,23-,24-/m0/s1. The van der Waals surface area contributed by atoms with Gasteiger partial charge in [-0.05, 0) is 48.1 Å². The second kappa shape index (κ2) is 10.0. The SMILES string of the molecule is COC(=O)c1ccc(NC(=O)COC(=O)[C@H](Cc2ccccc2)N2C(=O)[C@@H]3[C@@H](C2=O)[C@H]2C=C[C@H]3C2)cc1. The van der Waals surface area contributed by atoms with Crippen LogP contribution in [0.25, 0.3) is 0 Å². The summed E-state index contributed by atoms with van der Waals surface area (Å²) >= 11 is 0. The number of anilines is 1. The number of carbonyl (C=O) groups excluding carboxylic acids is 5. The highest BCUT2D eigenvalue weighted by atomic mass is 16.5. The minimum absolute atomic E-state index is 0.0150. The monoisotopic (exact) mass is 502 g/mol. The minimum Gasteiger partial charge on any atom is -0.465 e. The number of hydrogen-bond donors (Lipinski definition) is 1. The molecule has 9 nitrogen and oxygen atoms in total. The molecule has 2 fully saturated rings. The number of likely N-dealkylation sites (tertiary alicyclic amines) is 1. The zero-order valence-corrected chi connectivity index (χ0v) is 20.2. The van der Waals surface area contributed by atoms with Crippen molar-refractivity contribution in [2.24, 2.45) is 23.7 Å². The Kier molecular flexibility index (Phi) is 6.60. The van der Waals surface area contributed by atoms with E-state index in [4.69, 9.17) is 4.74 Å². The van der Waals surface area contributed by atoms with E-state index in [1.54, 1.807) is 0 Å². The number of methoxy groups -OCH3 is 1. The summed E-state index contributed by atoms with van der Waals surface area (Å²) in [5.74, 6) is -3.47. The van der Waals surface area contributed by atoms with E-state index in [2.05, 4.69) is 10.1 Å². The lowest BCUT2D eigenvalue weighted by atomic mass is 9.85. The highest BCUT2D eigenvalue weighted by Crippen LogP contribution is 2.53. The molecule has 1 N–H and O–H groups in total. The van der Waals surface area contributed by atoms with Crippen molar-refractivity contribution in [1.29, 1.82) is 0 Å². The molecule has 2 aromatic carbocycles. The lowest BCUT2D eigenvalue weighted by molar-refractivity contribution is -0.160. The Morgan fingerprint density at radius 2 is 1.57 bits per heavy atom. The fourth-order valence-corrected chi connectivity index (χ4v) is 5.59. The van der Waals surface area contributed by atoms with E-state index in [1.807, 2.05) is 42.5 Å². The van der Waals surface area contributed by atoms with Crippen molar-refractivity contribution in [2.45, 2.75) is 18.9 Å². The van der Waals surface area contributed by atoms with Gasteiger partial charge in [0, 0.05) is 12.1 Å². The van der Waals surface area contributed by atoms with Gasteiger partial charge < -0.3 is 14.8 Å². The Morgan fingerprint density at radius 3 is 2.16 bits per heavy atom. The number of nitrogens with zero attached hydrogens (tertiary/aromatic N) is 1. The smallest absolute Gasteiger partial charge is 0.337 e. The predicted octanol–water partition coefficient (Wildman–Crippen LogP) is 2.37. The molecular formula is C28H26N2O7. The van der Waals surface area contributed by atoms with E-state index in [9.17, 15) is 24.0 Å². The van der Waals surface area contributed by atoms with Crippen molar-refractivity contribution >= 4 is 35.3 Å². The van der Waals surface area contributed by atoms with Gasteiger partial charge in [0.15, 0.2) is 6.61 Å². The maximum atomic E-state index is 13.4. The third-order valence-corrected chi connectivity index (χ3v) is 7.30. The topological polar surface area (TPSA) is 119 Å². The van der Waals surface area contributed by atoms with E-state index in [1.165, 1.54) is 31.4 Å². The number of imide groups is 1. The molecule has 5 rings (SSSR count). The molecule has 3 aliphatic rings. The van der Waals surface area contributed by atoms with Crippen LogP contribution in [0.4, 0.5) is 5.69 Å². The van der Waals surface area contributed by atoms with Gasteiger partial charge in [-0.3, -0.25) is 19.3 Å². The van der Waals surface area contributed by atoms with Gasteiger partial charge in [-0.25, -0.2) is 9.59 Å². The number of allylic oxidation sites excluding steroid dienone is 2. The van der Waals surface area contributed by atoms with Crippen molar-refractivity contribution in [3.63, 3.8) is 0 Å². The second-order valence-corrected chi connectivity index (χ2v) is 9.48. The number of nitrogens with one attached hydrogen (secondary N) is 1. The summed E-state index contributed by atoms with van der Waals surface area (Å²) in [6, 6.07) is 13.9. The normalized spacial score (nSPS) is 24.1. The molecule has 9 heteroatoms. The zero-order chi connectivity index (χ0) is 26.1. The Morgan fingerprint density at radius 1 is 0.946 bits per heavy atom. The van der Waals surface area contributed by atoms with Crippen molar-refractivity contribution in [3.05, 3.63) is 77.9 Å². The van der Waals surface area contributed by atoms with Crippen LogP contribution in [0.15, 0.2) is 66.7 Å². The first-order valence-corrected chi connectivity index (χ1v) is 12.1. The third-order valence-electron chi connectivity index (χ3n) is 7.30.